The first-order valence-corrected chi connectivity index (χ1v) is 6.92. The average Bonchev–Trinajstić information content (AvgIpc) is 2.34. The summed E-state index contributed by atoms with van der Waals surface area (Å²) < 4.78 is 0. The van der Waals surface area contributed by atoms with Crippen molar-refractivity contribution in [3.8, 4) is 0 Å². The Labute approximate surface area is 109 Å². The Hall–Kier alpha value is -0.530. The van der Waals surface area contributed by atoms with Crippen molar-refractivity contribution in [1.29, 1.82) is 0 Å². The van der Waals surface area contributed by atoms with Gasteiger partial charge in [-0.05, 0) is 55.4 Å². The van der Waals surface area contributed by atoms with Crippen molar-refractivity contribution in [3.05, 3.63) is 33.8 Å². The summed E-state index contributed by atoms with van der Waals surface area (Å²) in [5.74, 6) is 0.392. The molecule has 0 bridgehead atoms. The van der Waals surface area contributed by atoms with Crippen LogP contribution in [0.15, 0.2) is 12.1 Å². The lowest BCUT2D eigenvalue weighted by molar-refractivity contribution is 0.0849. The van der Waals surface area contributed by atoms with E-state index in [4.69, 9.17) is 11.6 Å². The maximum absolute atomic E-state index is 10.5. The van der Waals surface area contributed by atoms with E-state index in [1.54, 1.807) is 0 Å². The van der Waals surface area contributed by atoms with Crippen LogP contribution < -0.4 is 0 Å². The van der Waals surface area contributed by atoms with E-state index in [1.807, 2.05) is 6.07 Å². The van der Waals surface area contributed by atoms with Gasteiger partial charge in [0.05, 0.1) is 6.10 Å². The van der Waals surface area contributed by atoms with Gasteiger partial charge >= 0.3 is 0 Å². The van der Waals surface area contributed by atoms with E-state index in [-0.39, 0.29) is 6.10 Å². The Balaban J connectivity index is 2.23. The van der Waals surface area contributed by atoms with Crippen LogP contribution in [0.3, 0.4) is 0 Å². The number of halogens is 1. The fourth-order valence-corrected chi connectivity index (χ4v) is 3.06. The molecular weight excluding hydrogens is 232 g/mol. The summed E-state index contributed by atoms with van der Waals surface area (Å²) in [6.07, 6.45) is 5.66. The molecule has 1 aromatic rings. The monoisotopic (exact) mass is 252 g/mol. The third-order valence-corrected chi connectivity index (χ3v) is 4.36. The van der Waals surface area contributed by atoms with Gasteiger partial charge in [-0.1, -0.05) is 36.9 Å². The zero-order valence-electron chi connectivity index (χ0n) is 10.7. The van der Waals surface area contributed by atoms with E-state index >= 15 is 0 Å². The molecule has 1 unspecified atom stereocenters. The van der Waals surface area contributed by atoms with Crippen molar-refractivity contribution in [2.75, 3.05) is 0 Å². The standard InChI is InChI=1S/C15H21ClO/c1-10-8-13(14(16)9-11(10)2)15(17)12-6-4-3-5-7-12/h8-9,12,15,17H,3-7H2,1-2H3. The van der Waals surface area contributed by atoms with E-state index in [0.717, 1.165) is 18.4 Å². The number of rotatable bonds is 2. The highest BCUT2D eigenvalue weighted by atomic mass is 35.5. The Morgan fingerprint density at radius 2 is 1.71 bits per heavy atom. The van der Waals surface area contributed by atoms with E-state index in [1.165, 1.54) is 30.4 Å². The van der Waals surface area contributed by atoms with E-state index in [0.29, 0.717) is 10.9 Å². The van der Waals surface area contributed by atoms with Crippen molar-refractivity contribution in [2.45, 2.75) is 52.1 Å². The van der Waals surface area contributed by atoms with Crippen molar-refractivity contribution in [2.24, 2.45) is 5.92 Å². The normalized spacial score (nSPS) is 19.3. The third-order valence-electron chi connectivity index (χ3n) is 4.03. The summed E-state index contributed by atoms with van der Waals surface area (Å²) in [6, 6.07) is 4.02. The van der Waals surface area contributed by atoms with Crippen LogP contribution in [0.4, 0.5) is 0 Å². The molecule has 1 saturated carbocycles. The van der Waals surface area contributed by atoms with Gasteiger partial charge in [0, 0.05) is 5.02 Å². The van der Waals surface area contributed by atoms with Gasteiger partial charge in [0.2, 0.25) is 0 Å². The number of benzene rings is 1. The molecule has 0 aromatic heterocycles. The first-order valence-electron chi connectivity index (χ1n) is 6.54. The Bertz CT molecular complexity index is 394. The molecule has 1 atom stereocenters. The van der Waals surface area contributed by atoms with E-state index in [2.05, 4.69) is 19.9 Å². The lowest BCUT2D eigenvalue weighted by Gasteiger charge is -2.27. The van der Waals surface area contributed by atoms with Crippen molar-refractivity contribution in [3.63, 3.8) is 0 Å². The molecule has 0 aliphatic heterocycles. The second-order valence-electron chi connectivity index (χ2n) is 5.30. The van der Waals surface area contributed by atoms with Crippen LogP contribution in [0.2, 0.25) is 5.02 Å². The van der Waals surface area contributed by atoms with Gasteiger partial charge in [0.25, 0.3) is 0 Å². The van der Waals surface area contributed by atoms with Crippen molar-refractivity contribution >= 4 is 11.6 Å². The molecule has 1 aliphatic rings. The van der Waals surface area contributed by atoms with Gasteiger partial charge in [-0.25, -0.2) is 0 Å². The SMILES string of the molecule is Cc1cc(Cl)c(C(O)C2CCCCC2)cc1C. The molecule has 2 rings (SSSR count). The molecule has 1 aromatic carbocycles. The molecule has 0 spiro atoms. The fraction of sp³-hybridized carbons (Fsp3) is 0.600. The Kier molecular flexibility index (Phi) is 4.11. The van der Waals surface area contributed by atoms with Crippen LogP contribution in [0.25, 0.3) is 0 Å². The predicted molar refractivity (Wildman–Crippen MR) is 72.5 cm³/mol. The molecule has 0 heterocycles. The van der Waals surface area contributed by atoms with Crippen LogP contribution >= 0.6 is 11.6 Å². The zero-order valence-corrected chi connectivity index (χ0v) is 11.4. The minimum Gasteiger partial charge on any atom is -0.388 e. The molecular formula is C15H21ClO. The van der Waals surface area contributed by atoms with Gasteiger partial charge in [-0.2, -0.15) is 0 Å². The highest BCUT2D eigenvalue weighted by Crippen LogP contribution is 2.37. The second-order valence-corrected chi connectivity index (χ2v) is 5.71. The summed E-state index contributed by atoms with van der Waals surface area (Å²) in [4.78, 5) is 0. The molecule has 0 saturated heterocycles. The van der Waals surface area contributed by atoms with Crippen LogP contribution in [-0.4, -0.2) is 5.11 Å². The summed E-state index contributed by atoms with van der Waals surface area (Å²) in [7, 11) is 0. The molecule has 1 N–H and O–H groups in total. The number of aliphatic hydroxyl groups excluding tert-OH is 1. The minimum absolute atomic E-state index is 0.387. The van der Waals surface area contributed by atoms with Crippen LogP contribution in [0.5, 0.6) is 0 Å². The van der Waals surface area contributed by atoms with Gasteiger partial charge in [-0.3, -0.25) is 0 Å². The lowest BCUT2D eigenvalue weighted by Crippen LogP contribution is -2.16. The summed E-state index contributed by atoms with van der Waals surface area (Å²) in [5, 5.41) is 11.2. The summed E-state index contributed by atoms with van der Waals surface area (Å²) in [5.41, 5.74) is 3.32. The number of hydrogen-bond donors (Lipinski definition) is 1. The number of aliphatic hydroxyl groups is 1. The quantitative estimate of drug-likeness (QED) is 0.818. The highest BCUT2D eigenvalue weighted by Gasteiger charge is 2.24. The molecule has 0 amide bonds. The second kappa shape index (κ2) is 5.41. The summed E-state index contributed by atoms with van der Waals surface area (Å²) in [6.45, 7) is 4.13. The van der Waals surface area contributed by atoms with Crippen LogP contribution in [0.1, 0.15) is 54.9 Å². The highest BCUT2D eigenvalue weighted by molar-refractivity contribution is 6.31. The molecule has 1 nitrogen and oxygen atoms in total. The Morgan fingerprint density at radius 1 is 1.12 bits per heavy atom. The van der Waals surface area contributed by atoms with Crippen LogP contribution in [-0.2, 0) is 0 Å². The molecule has 2 heteroatoms. The van der Waals surface area contributed by atoms with E-state index < -0.39 is 0 Å². The third kappa shape index (κ3) is 2.83. The molecule has 1 fully saturated rings. The Morgan fingerprint density at radius 3 is 2.35 bits per heavy atom. The maximum Gasteiger partial charge on any atom is 0.0832 e. The first kappa shape index (κ1) is 12.9. The van der Waals surface area contributed by atoms with Gasteiger partial charge in [0.1, 0.15) is 0 Å². The van der Waals surface area contributed by atoms with Crippen molar-refractivity contribution in [1.82, 2.24) is 0 Å². The largest absolute Gasteiger partial charge is 0.388 e. The van der Waals surface area contributed by atoms with Crippen molar-refractivity contribution < 1.29 is 5.11 Å². The topological polar surface area (TPSA) is 20.2 Å². The molecule has 1 aliphatic carbocycles. The minimum atomic E-state index is -0.387. The zero-order chi connectivity index (χ0) is 12.4. The molecule has 0 radical (unpaired) electrons. The number of hydrogen-bond acceptors (Lipinski definition) is 1. The summed E-state index contributed by atoms with van der Waals surface area (Å²) >= 11 is 6.26. The number of aryl methyl sites for hydroxylation is 2. The maximum atomic E-state index is 10.5. The fourth-order valence-electron chi connectivity index (χ4n) is 2.73. The van der Waals surface area contributed by atoms with Gasteiger partial charge in [0.15, 0.2) is 0 Å². The van der Waals surface area contributed by atoms with Gasteiger partial charge < -0.3 is 5.11 Å². The predicted octanol–water partition coefficient (Wildman–Crippen LogP) is 4.57. The smallest absolute Gasteiger partial charge is 0.0832 e. The molecule has 94 valence electrons. The lowest BCUT2D eigenvalue weighted by atomic mass is 9.82. The van der Waals surface area contributed by atoms with Crippen LogP contribution in [0, 0.1) is 19.8 Å². The van der Waals surface area contributed by atoms with Gasteiger partial charge in [-0.15, -0.1) is 0 Å². The van der Waals surface area contributed by atoms with E-state index in [9.17, 15) is 5.11 Å². The molecule has 17 heavy (non-hydrogen) atoms. The first-order chi connectivity index (χ1) is 8.09. The average molecular weight is 253 g/mol.